The van der Waals surface area contributed by atoms with Gasteiger partial charge in [0, 0.05) is 18.4 Å². The predicted molar refractivity (Wildman–Crippen MR) is 92.4 cm³/mol. The van der Waals surface area contributed by atoms with Crippen LogP contribution in [0.5, 0.6) is 5.75 Å². The second-order valence-corrected chi connectivity index (χ2v) is 5.37. The van der Waals surface area contributed by atoms with Crippen molar-refractivity contribution in [2.45, 2.75) is 13.0 Å². The van der Waals surface area contributed by atoms with Crippen molar-refractivity contribution in [1.29, 1.82) is 0 Å². The Morgan fingerprint density at radius 2 is 1.55 bits per heavy atom. The minimum atomic E-state index is 0.689. The van der Waals surface area contributed by atoms with E-state index in [0.717, 1.165) is 18.7 Å². The summed E-state index contributed by atoms with van der Waals surface area (Å²) in [5.41, 5.74) is 2.68. The summed E-state index contributed by atoms with van der Waals surface area (Å²) in [4.78, 5) is 0. The zero-order valence-corrected chi connectivity index (χ0v) is 12.9. The molecule has 0 saturated carbocycles. The molecule has 3 rings (SSSR count). The standard InChI is InChI=1S/C20H21NO/c1-21-15-18-9-3-2-7-16(18)13-14-22-20-12-6-10-17-8-4-5-11-19(17)20/h2-12,21H,13-15H2,1H3. The molecular formula is C20H21NO. The maximum Gasteiger partial charge on any atom is 0.127 e. The van der Waals surface area contributed by atoms with E-state index in [1.54, 1.807) is 0 Å². The van der Waals surface area contributed by atoms with Crippen LogP contribution in [0, 0.1) is 0 Å². The second kappa shape index (κ2) is 7.10. The first-order valence-electron chi connectivity index (χ1n) is 7.70. The lowest BCUT2D eigenvalue weighted by Gasteiger charge is -2.12. The highest BCUT2D eigenvalue weighted by Gasteiger charge is 2.04. The van der Waals surface area contributed by atoms with Crippen LogP contribution in [0.25, 0.3) is 10.8 Å². The Kier molecular flexibility index (Phi) is 4.71. The van der Waals surface area contributed by atoms with Gasteiger partial charge in [0.2, 0.25) is 0 Å². The third kappa shape index (κ3) is 3.29. The van der Waals surface area contributed by atoms with Gasteiger partial charge in [-0.1, -0.05) is 60.7 Å². The first kappa shape index (κ1) is 14.6. The molecule has 0 radical (unpaired) electrons. The van der Waals surface area contributed by atoms with Crippen molar-refractivity contribution in [2.75, 3.05) is 13.7 Å². The Hall–Kier alpha value is -2.32. The van der Waals surface area contributed by atoms with E-state index in [9.17, 15) is 0 Å². The number of hydrogen-bond donors (Lipinski definition) is 1. The predicted octanol–water partition coefficient (Wildman–Crippen LogP) is 4.18. The highest BCUT2D eigenvalue weighted by molar-refractivity contribution is 5.88. The summed E-state index contributed by atoms with van der Waals surface area (Å²) in [7, 11) is 1.98. The Morgan fingerprint density at radius 3 is 2.41 bits per heavy atom. The van der Waals surface area contributed by atoms with Gasteiger partial charge in [0.15, 0.2) is 0 Å². The molecule has 0 spiro atoms. The van der Waals surface area contributed by atoms with E-state index >= 15 is 0 Å². The Morgan fingerprint density at radius 1 is 0.818 bits per heavy atom. The zero-order valence-electron chi connectivity index (χ0n) is 12.9. The highest BCUT2D eigenvalue weighted by atomic mass is 16.5. The highest BCUT2D eigenvalue weighted by Crippen LogP contribution is 2.25. The smallest absolute Gasteiger partial charge is 0.127 e. The normalized spacial score (nSPS) is 10.8. The van der Waals surface area contributed by atoms with Gasteiger partial charge in [-0.3, -0.25) is 0 Å². The van der Waals surface area contributed by atoms with Crippen molar-refractivity contribution < 1.29 is 4.74 Å². The minimum Gasteiger partial charge on any atom is -0.493 e. The van der Waals surface area contributed by atoms with Crippen molar-refractivity contribution in [3.63, 3.8) is 0 Å². The van der Waals surface area contributed by atoms with Gasteiger partial charge >= 0.3 is 0 Å². The molecule has 112 valence electrons. The fourth-order valence-corrected chi connectivity index (χ4v) is 2.76. The largest absolute Gasteiger partial charge is 0.493 e. The zero-order chi connectivity index (χ0) is 15.2. The molecule has 0 fully saturated rings. The molecule has 0 aliphatic carbocycles. The van der Waals surface area contributed by atoms with Gasteiger partial charge < -0.3 is 10.1 Å². The molecule has 0 aromatic heterocycles. The van der Waals surface area contributed by atoms with E-state index in [2.05, 4.69) is 59.9 Å². The molecule has 0 aliphatic rings. The van der Waals surface area contributed by atoms with E-state index in [4.69, 9.17) is 4.74 Å². The fraction of sp³-hybridized carbons (Fsp3) is 0.200. The average Bonchev–Trinajstić information content (AvgIpc) is 2.57. The lowest BCUT2D eigenvalue weighted by Crippen LogP contribution is -2.10. The molecule has 0 unspecified atom stereocenters. The van der Waals surface area contributed by atoms with E-state index in [1.807, 2.05) is 19.2 Å². The van der Waals surface area contributed by atoms with Gasteiger partial charge in [-0.25, -0.2) is 0 Å². The van der Waals surface area contributed by atoms with Crippen LogP contribution in [0.15, 0.2) is 66.7 Å². The van der Waals surface area contributed by atoms with Crippen LogP contribution < -0.4 is 10.1 Å². The van der Waals surface area contributed by atoms with E-state index in [1.165, 1.54) is 21.9 Å². The fourth-order valence-electron chi connectivity index (χ4n) is 2.76. The van der Waals surface area contributed by atoms with Gasteiger partial charge in [-0.2, -0.15) is 0 Å². The number of rotatable bonds is 6. The summed E-state index contributed by atoms with van der Waals surface area (Å²) in [5, 5.41) is 5.61. The summed E-state index contributed by atoms with van der Waals surface area (Å²) in [5.74, 6) is 0.962. The van der Waals surface area contributed by atoms with E-state index in [-0.39, 0.29) is 0 Å². The summed E-state index contributed by atoms with van der Waals surface area (Å²) in [6.45, 7) is 1.58. The average molecular weight is 291 g/mol. The lowest BCUT2D eigenvalue weighted by atomic mass is 10.1. The van der Waals surface area contributed by atoms with Gasteiger partial charge in [0.25, 0.3) is 0 Å². The molecule has 0 heterocycles. The van der Waals surface area contributed by atoms with Crippen LogP contribution in [0.4, 0.5) is 0 Å². The molecule has 0 bridgehead atoms. The SMILES string of the molecule is CNCc1ccccc1CCOc1cccc2ccccc12. The van der Waals surface area contributed by atoms with Gasteiger partial charge in [0.1, 0.15) is 5.75 Å². The van der Waals surface area contributed by atoms with Crippen molar-refractivity contribution in [3.8, 4) is 5.75 Å². The number of ether oxygens (including phenoxy) is 1. The molecule has 3 aromatic rings. The van der Waals surface area contributed by atoms with E-state index in [0.29, 0.717) is 6.61 Å². The Bertz CT molecular complexity index is 746. The molecule has 2 heteroatoms. The molecule has 22 heavy (non-hydrogen) atoms. The number of benzene rings is 3. The monoisotopic (exact) mass is 291 g/mol. The van der Waals surface area contributed by atoms with Crippen LogP contribution in [-0.2, 0) is 13.0 Å². The number of hydrogen-bond acceptors (Lipinski definition) is 2. The second-order valence-electron chi connectivity index (χ2n) is 5.37. The van der Waals surface area contributed by atoms with Crippen LogP contribution in [0.1, 0.15) is 11.1 Å². The molecular weight excluding hydrogens is 270 g/mol. The molecule has 0 amide bonds. The van der Waals surface area contributed by atoms with Crippen molar-refractivity contribution >= 4 is 10.8 Å². The molecule has 0 aliphatic heterocycles. The third-order valence-electron chi connectivity index (χ3n) is 3.86. The van der Waals surface area contributed by atoms with Crippen molar-refractivity contribution in [3.05, 3.63) is 77.9 Å². The van der Waals surface area contributed by atoms with Crippen LogP contribution in [0.2, 0.25) is 0 Å². The maximum atomic E-state index is 6.04. The molecule has 0 atom stereocenters. The van der Waals surface area contributed by atoms with Crippen LogP contribution in [-0.4, -0.2) is 13.7 Å². The molecule has 3 aromatic carbocycles. The van der Waals surface area contributed by atoms with Crippen molar-refractivity contribution in [1.82, 2.24) is 5.32 Å². The van der Waals surface area contributed by atoms with Crippen LogP contribution in [0.3, 0.4) is 0 Å². The van der Waals surface area contributed by atoms with Gasteiger partial charge in [-0.15, -0.1) is 0 Å². The first-order valence-corrected chi connectivity index (χ1v) is 7.70. The number of nitrogens with one attached hydrogen (secondary N) is 1. The lowest BCUT2D eigenvalue weighted by molar-refractivity contribution is 0.325. The molecule has 1 N–H and O–H groups in total. The summed E-state index contributed by atoms with van der Waals surface area (Å²) >= 11 is 0. The maximum absolute atomic E-state index is 6.04. The minimum absolute atomic E-state index is 0.689. The summed E-state index contributed by atoms with van der Waals surface area (Å²) < 4.78 is 6.04. The van der Waals surface area contributed by atoms with Crippen molar-refractivity contribution in [2.24, 2.45) is 0 Å². The van der Waals surface area contributed by atoms with Crippen LogP contribution >= 0.6 is 0 Å². The Balaban J connectivity index is 1.70. The van der Waals surface area contributed by atoms with Gasteiger partial charge in [-0.05, 0) is 29.6 Å². The molecule has 2 nitrogen and oxygen atoms in total. The van der Waals surface area contributed by atoms with E-state index < -0.39 is 0 Å². The Labute approximate surface area is 131 Å². The number of fused-ring (bicyclic) bond motifs is 1. The quantitative estimate of drug-likeness (QED) is 0.735. The topological polar surface area (TPSA) is 21.3 Å². The first-order chi connectivity index (χ1) is 10.9. The van der Waals surface area contributed by atoms with Gasteiger partial charge in [0.05, 0.1) is 6.61 Å². The summed E-state index contributed by atoms with van der Waals surface area (Å²) in [6, 6.07) is 23.1. The third-order valence-corrected chi connectivity index (χ3v) is 3.86. The molecule has 0 saturated heterocycles. The summed E-state index contributed by atoms with van der Waals surface area (Å²) in [6.07, 6.45) is 0.918.